The molecule has 0 aliphatic heterocycles. The van der Waals surface area contributed by atoms with Crippen LogP contribution in [0.4, 0.5) is 0 Å². The number of hydrogen-bond donors (Lipinski definition) is 6. The summed E-state index contributed by atoms with van der Waals surface area (Å²) in [5.74, 6) is -3.01. The van der Waals surface area contributed by atoms with Crippen molar-refractivity contribution < 1.29 is 29.1 Å². The van der Waals surface area contributed by atoms with Gasteiger partial charge in [-0.2, -0.15) is 23.5 Å². The van der Waals surface area contributed by atoms with Gasteiger partial charge in [0.25, 0.3) is 0 Å². The van der Waals surface area contributed by atoms with E-state index in [1.165, 1.54) is 23.5 Å². The number of thioether (sulfide) groups is 2. The monoisotopic (exact) mass is 507 g/mol. The summed E-state index contributed by atoms with van der Waals surface area (Å²) < 4.78 is 0. The molecule has 13 heteroatoms. The smallest absolute Gasteiger partial charge is 0.326 e. The van der Waals surface area contributed by atoms with Crippen molar-refractivity contribution in [3.05, 3.63) is 0 Å². The molecule has 4 amide bonds. The van der Waals surface area contributed by atoms with Crippen LogP contribution in [0.2, 0.25) is 0 Å². The van der Waals surface area contributed by atoms with Gasteiger partial charge in [0.15, 0.2) is 0 Å². The SMILES string of the molecule is CCC(C)C(NC(=O)C(CCSC)NC(=O)C(N)CC(N)=O)C(=O)NC(CCSC)C(=O)O. The van der Waals surface area contributed by atoms with Gasteiger partial charge in [-0.15, -0.1) is 0 Å². The average Bonchev–Trinajstić information content (AvgIpc) is 2.75. The Balaban J connectivity index is 5.48. The van der Waals surface area contributed by atoms with E-state index in [1.807, 2.05) is 19.4 Å². The second kappa shape index (κ2) is 16.6. The number of nitrogens with one attached hydrogen (secondary N) is 3. The van der Waals surface area contributed by atoms with Gasteiger partial charge in [0.2, 0.25) is 23.6 Å². The lowest BCUT2D eigenvalue weighted by Gasteiger charge is -2.28. The number of carbonyl (C=O) groups excluding carboxylic acids is 4. The Morgan fingerprint density at radius 2 is 1.39 bits per heavy atom. The van der Waals surface area contributed by atoms with Crippen LogP contribution >= 0.6 is 23.5 Å². The molecule has 0 spiro atoms. The van der Waals surface area contributed by atoms with Crippen LogP contribution in [0.3, 0.4) is 0 Å². The van der Waals surface area contributed by atoms with Crippen molar-refractivity contribution in [2.75, 3.05) is 24.0 Å². The summed E-state index contributed by atoms with van der Waals surface area (Å²) >= 11 is 2.93. The van der Waals surface area contributed by atoms with E-state index in [2.05, 4.69) is 16.0 Å². The van der Waals surface area contributed by atoms with E-state index in [0.717, 1.165) is 0 Å². The summed E-state index contributed by atoms with van der Waals surface area (Å²) in [6.07, 6.45) is 4.36. The third kappa shape index (κ3) is 12.2. The van der Waals surface area contributed by atoms with Gasteiger partial charge >= 0.3 is 5.97 Å². The van der Waals surface area contributed by atoms with Crippen molar-refractivity contribution in [2.45, 2.75) is 63.7 Å². The Morgan fingerprint density at radius 3 is 1.85 bits per heavy atom. The van der Waals surface area contributed by atoms with Gasteiger partial charge in [-0.3, -0.25) is 19.2 Å². The summed E-state index contributed by atoms with van der Waals surface area (Å²) in [4.78, 5) is 60.7. The molecule has 0 saturated heterocycles. The van der Waals surface area contributed by atoms with Crippen LogP contribution in [0, 0.1) is 5.92 Å². The van der Waals surface area contributed by atoms with Crippen LogP contribution < -0.4 is 27.4 Å². The van der Waals surface area contributed by atoms with Crippen LogP contribution in [0.1, 0.15) is 39.5 Å². The van der Waals surface area contributed by atoms with Crippen molar-refractivity contribution in [1.82, 2.24) is 16.0 Å². The quantitative estimate of drug-likeness (QED) is 0.147. The van der Waals surface area contributed by atoms with Gasteiger partial charge in [-0.1, -0.05) is 20.3 Å². The molecule has 5 atom stereocenters. The van der Waals surface area contributed by atoms with Crippen LogP contribution in [-0.2, 0) is 24.0 Å². The lowest BCUT2D eigenvalue weighted by molar-refractivity contribution is -0.142. The third-order valence-corrected chi connectivity index (χ3v) is 6.31. The predicted molar refractivity (Wildman–Crippen MR) is 131 cm³/mol. The number of hydrogen-bond acceptors (Lipinski definition) is 8. The molecule has 11 nitrogen and oxygen atoms in total. The maximum atomic E-state index is 13.0. The highest BCUT2D eigenvalue weighted by molar-refractivity contribution is 7.98. The van der Waals surface area contributed by atoms with E-state index in [0.29, 0.717) is 17.9 Å². The summed E-state index contributed by atoms with van der Waals surface area (Å²) in [6, 6.07) is -4.26. The molecule has 0 rings (SSSR count). The van der Waals surface area contributed by atoms with Crippen molar-refractivity contribution in [1.29, 1.82) is 0 Å². The number of carboxylic acid groups (broad SMARTS) is 1. The van der Waals surface area contributed by atoms with E-state index in [4.69, 9.17) is 11.5 Å². The topological polar surface area (TPSA) is 194 Å². The molecule has 5 unspecified atom stereocenters. The second-order valence-electron chi connectivity index (χ2n) is 7.67. The van der Waals surface area contributed by atoms with E-state index >= 15 is 0 Å². The summed E-state index contributed by atoms with van der Waals surface area (Å²) in [6.45, 7) is 3.61. The molecular formula is C20H37N5O6S2. The minimum absolute atomic E-state index is 0.244. The molecule has 0 fully saturated rings. The molecule has 8 N–H and O–H groups in total. The molecule has 0 saturated carbocycles. The molecule has 0 aliphatic rings. The van der Waals surface area contributed by atoms with Gasteiger partial charge in [0.05, 0.1) is 12.5 Å². The van der Waals surface area contributed by atoms with Crippen LogP contribution in [0.15, 0.2) is 0 Å². The zero-order valence-corrected chi connectivity index (χ0v) is 21.2. The maximum Gasteiger partial charge on any atom is 0.326 e. The predicted octanol–water partition coefficient (Wildman–Crippen LogP) is -0.720. The number of primary amides is 1. The molecule has 0 bridgehead atoms. The first kappa shape index (κ1) is 31.0. The van der Waals surface area contributed by atoms with Gasteiger partial charge in [0, 0.05) is 0 Å². The van der Waals surface area contributed by atoms with E-state index < -0.39 is 53.8 Å². The number of aliphatic carboxylic acids is 1. The fourth-order valence-electron chi connectivity index (χ4n) is 2.80. The van der Waals surface area contributed by atoms with E-state index in [1.54, 1.807) is 6.92 Å². The molecule has 0 aliphatic carbocycles. The number of carboxylic acids is 1. The number of rotatable bonds is 17. The van der Waals surface area contributed by atoms with Gasteiger partial charge < -0.3 is 32.5 Å². The fourth-order valence-corrected chi connectivity index (χ4v) is 3.75. The maximum absolute atomic E-state index is 13.0. The Morgan fingerprint density at radius 1 is 0.879 bits per heavy atom. The normalized spacial score (nSPS) is 15.4. The van der Waals surface area contributed by atoms with Crippen LogP contribution in [0.5, 0.6) is 0 Å². The molecule has 0 aromatic rings. The van der Waals surface area contributed by atoms with E-state index in [9.17, 15) is 29.1 Å². The number of amides is 4. The summed E-state index contributed by atoms with van der Waals surface area (Å²) in [5.41, 5.74) is 10.7. The van der Waals surface area contributed by atoms with Crippen molar-refractivity contribution in [3.8, 4) is 0 Å². The molecular weight excluding hydrogens is 470 g/mol. The summed E-state index contributed by atoms with van der Waals surface area (Å²) in [7, 11) is 0. The minimum atomic E-state index is -1.20. The van der Waals surface area contributed by atoms with Gasteiger partial charge in [-0.25, -0.2) is 4.79 Å². The third-order valence-electron chi connectivity index (χ3n) is 5.02. The van der Waals surface area contributed by atoms with E-state index in [-0.39, 0.29) is 25.2 Å². The molecule has 0 aromatic carbocycles. The highest BCUT2D eigenvalue weighted by Gasteiger charge is 2.32. The first-order valence-electron chi connectivity index (χ1n) is 10.6. The standard InChI is InChI=1S/C20H37N5O6S2/c1-5-11(2)16(19(29)24-14(20(30)31)7-9-33-4)25-18(28)13(6-8-32-3)23-17(27)12(21)10-15(22)26/h11-14,16H,5-10,21H2,1-4H3,(H2,22,26)(H,23,27)(H,24,29)(H,25,28)(H,30,31). The highest BCUT2D eigenvalue weighted by Crippen LogP contribution is 2.11. The van der Waals surface area contributed by atoms with Crippen molar-refractivity contribution in [3.63, 3.8) is 0 Å². The molecule has 33 heavy (non-hydrogen) atoms. The first-order chi connectivity index (χ1) is 15.5. The van der Waals surface area contributed by atoms with Gasteiger partial charge in [-0.05, 0) is 42.8 Å². The fraction of sp³-hybridized carbons (Fsp3) is 0.750. The number of nitrogens with two attached hydrogens (primary N) is 2. The second-order valence-corrected chi connectivity index (χ2v) is 9.64. The Labute approximate surface area is 203 Å². The Bertz CT molecular complexity index is 681. The minimum Gasteiger partial charge on any atom is -0.480 e. The Kier molecular flexibility index (Phi) is 15.6. The molecule has 190 valence electrons. The summed E-state index contributed by atoms with van der Waals surface area (Å²) in [5, 5.41) is 17.1. The molecule has 0 radical (unpaired) electrons. The highest BCUT2D eigenvalue weighted by atomic mass is 32.2. The Hall–Kier alpha value is -1.99. The van der Waals surface area contributed by atoms with Crippen LogP contribution in [0.25, 0.3) is 0 Å². The lowest BCUT2D eigenvalue weighted by Crippen LogP contribution is -2.59. The van der Waals surface area contributed by atoms with Crippen LogP contribution in [-0.4, -0.2) is 82.9 Å². The lowest BCUT2D eigenvalue weighted by atomic mass is 9.97. The van der Waals surface area contributed by atoms with Gasteiger partial charge in [0.1, 0.15) is 18.1 Å². The molecule has 0 heterocycles. The zero-order valence-electron chi connectivity index (χ0n) is 19.6. The van der Waals surface area contributed by atoms with Crippen molar-refractivity contribution in [2.24, 2.45) is 17.4 Å². The zero-order chi connectivity index (χ0) is 25.6. The largest absolute Gasteiger partial charge is 0.480 e. The molecule has 0 aromatic heterocycles. The first-order valence-corrected chi connectivity index (χ1v) is 13.4. The average molecular weight is 508 g/mol. The number of carbonyl (C=O) groups is 5. The van der Waals surface area contributed by atoms with Crippen molar-refractivity contribution >= 4 is 53.1 Å².